The van der Waals surface area contributed by atoms with Crippen LogP contribution >= 0.6 is 23.1 Å². The Morgan fingerprint density at radius 3 is 2.37 bits per heavy atom. The molecule has 0 bridgehead atoms. The molecule has 0 saturated heterocycles. The third-order valence-corrected chi connectivity index (χ3v) is 5.81. The van der Waals surface area contributed by atoms with Crippen molar-refractivity contribution in [2.45, 2.75) is 24.1 Å². The second-order valence-corrected chi connectivity index (χ2v) is 8.47. The van der Waals surface area contributed by atoms with Crippen LogP contribution in [-0.4, -0.2) is 29.7 Å². The van der Waals surface area contributed by atoms with Gasteiger partial charge in [0, 0.05) is 11.4 Å². The summed E-state index contributed by atoms with van der Waals surface area (Å²) in [4.78, 5) is 0. The minimum Gasteiger partial charge on any atom is -0.497 e. The Labute approximate surface area is 168 Å². The van der Waals surface area contributed by atoms with Crippen LogP contribution in [0.3, 0.4) is 0 Å². The first-order valence-corrected chi connectivity index (χ1v) is 10.5. The number of nitrogens with zero attached hydrogens (tertiary/aromatic N) is 2. The molecule has 0 saturated carbocycles. The van der Waals surface area contributed by atoms with Crippen molar-refractivity contribution < 1.29 is 9.47 Å². The highest BCUT2D eigenvalue weighted by molar-refractivity contribution is 8.01. The topological polar surface area (TPSA) is 56.3 Å². The van der Waals surface area contributed by atoms with Crippen molar-refractivity contribution in [3.05, 3.63) is 54.1 Å². The molecule has 0 amide bonds. The molecule has 27 heavy (non-hydrogen) atoms. The van der Waals surface area contributed by atoms with Gasteiger partial charge in [-0.05, 0) is 47.9 Å². The summed E-state index contributed by atoms with van der Waals surface area (Å²) in [6, 6.07) is 16.0. The van der Waals surface area contributed by atoms with Gasteiger partial charge in [-0.3, -0.25) is 0 Å². The number of ether oxygens (including phenoxy) is 2. The van der Waals surface area contributed by atoms with Crippen molar-refractivity contribution in [1.82, 2.24) is 10.2 Å². The van der Waals surface area contributed by atoms with Crippen LogP contribution in [0.2, 0.25) is 0 Å². The van der Waals surface area contributed by atoms with Gasteiger partial charge in [0.25, 0.3) is 0 Å². The zero-order chi connectivity index (χ0) is 19.1. The molecule has 142 valence electrons. The summed E-state index contributed by atoms with van der Waals surface area (Å²) in [6.45, 7) is 4.99. The van der Waals surface area contributed by atoms with Crippen LogP contribution in [0.4, 0.5) is 10.8 Å². The molecule has 2 aromatic carbocycles. The lowest BCUT2D eigenvalue weighted by atomic mass is 10.0. The van der Waals surface area contributed by atoms with Crippen molar-refractivity contribution in [1.29, 1.82) is 0 Å². The number of hydrogen-bond acceptors (Lipinski definition) is 7. The quantitative estimate of drug-likeness (QED) is 0.373. The standard InChI is InChI=1S/C20H23N3O2S2/c1-14(2)15-4-6-16(7-5-15)21-19-22-23-20(27-19)26-13-12-25-18-10-8-17(24-3)9-11-18/h4-11,14H,12-13H2,1-3H3,(H,21,22). The highest BCUT2D eigenvalue weighted by Crippen LogP contribution is 2.28. The molecule has 0 aliphatic rings. The lowest BCUT2D eigenvalue weighted by Gasteiger charge is -2.07. The maximum absolute atomic E-state index is 5.72. The van der Waals surface area contributed by atoms with E-state index in [1.807, 2.05) is 24.3 Å². The zero-order valence-corrected chi connectivity index (χ0v) is 17.3. The minimum atomic E-state index is 0.531. The largest absolute Gasteiger partial charge is 0.497 e. The molecule has 1 heterocycles. The molecule has 0 unspecified atom stereocenters. The van der Waals surface area contributed by atoms with E-state index >= 15 is 0 Å². The van der Waals surface area contributed by atoms with Crippen LogP contribution in [-0.2, 0) is 0 Å². The van der Waals surface area contributed by atoms with Crippen LogP contribution in [0.15, 0.2) is 52.9 Å². The number of anilines is 2. The summed E-state index contributed by atoms with van der Waals surface area (Å²) in [5.41, 5.74) is 2.35. The number of rotatable bonds is 9. The van der Waals surface area contributed by atoms with E-state index in [-0.39, 0.29) is 0 Å². The molecule has 0 aliphatic carbocycles. The molecule has 0 atom stereocenters. The fraction of sp³-hybridized carbons (Fsp3) is 0.300. The molecular formula is C20H23N3O2S2. The van der Waals surface area contributed by atoms with Crippen LogP contribution in [0.1, 0.15) is 25.3 Å². The van der Waals surface area contributed by atoms with Gasteiger partial charge in [0.15, 0.2) is 4.34 Å². The smallest absolute Gasteiger partial charge is 0.210 e. The van der Waals surface area contributed by atoms with Gasteiger partial charge in [-0.2, -0.15) is 0 Å². The van der Waals surface area contributed by atoms with Crippen LogP contribution in [0.25, 0.3) is 0 Å². The third-order valence-electron chi connectivity index (χ3n) is 3.87. The van der Waals surface area contributed by atoms with E-state index in [4.69, 9.17) is 9.47 Å². The van der Waals surface area contributed by atoms with E-state index in [0.29, 0.717) is 12.5 Å². The molecule has 7 heteroatoms. The molecule has 0 fully saturated rings. The first kappa shape index (κ1) is 19.5. The van der Waals surface area contributed by atoms with Gasteiger partial charge < -0.3 is 14.8 Å². The van der Waals surface area contributed by atoms with Gasteiger partial charge >= 0.3 is 0 Å². The number of benzene rings is 2. The van der Waals surface area contributed by atoms with E-state index in [2.05, 4.69) is 53.6 Å². The number of aromatic nitrogens is 2. The molecule has 0 spiro atoms. The molecule has 1 N–H and O–H groups in total. The average Bonchev–Trinajstić information content (AvgIpc) is 3.13. The van der Waals surface area contributed by atoms with Gasteiger partial charge in [0.05, 0.1) is 13.7 Å². The van der Waals surface area contributed by atoms with E-state index < -0.39 is 0 Å². The number of nitrogens with one attached hydrogen (secondary N) is 1. The summed E-state index contributed by atoms with van der Waals surface area (Å²) in [6.07, 6.45) is 0. The molecular weight excluding hydrogens is 378 g/mol. The normalized spacial score (nSPS) is 10.8. The fourth-order valence-corrected chi connectivity index (χ4v) is 4.01. The van der Waals surface area contributed by atoms with Gasteiger partial charge in [-0.25, -0.2) is 0 Å². The minimum absolute atomic E-state index is 0.531. The Bertz CT molecular complexity index is 833. The number of hydrogen-bond donors (Lipinski definition) is 1. The number of methoxy groups -OCH3 is 1. The Hall–Kier alpha value is -2.25. The second kappa shape index (κ2) is 9.62. The van der Waals surface area contributed by atoms with Crippen molar-refractivity contribution in [3.8, 4) is 11.5 Å². The summed E-state index contributed by atoms with van der Waals surface area (Å²) in [7, 11) is 1.65. The van der Waals surface area contributed by atoms with Crippen molar-refractivity contribution >= 4 is 33.9 Å². The van der Waals surface area contributed by atoms with Crippen molar-refractivity contribution in [2.24, 2.45) is 0 Å². The third kappa shape index (κ3) is 5.87. The second-order valence-electron chi connectivity index (χ2n) is 6.15. The maximum atomic E-state index is 5.72. The molecule has 3 aromatic rings. The molecule has 1 aromatic heterocycles. The summed E-state index contributed by atoms with van der Waals surface area (Å²) in [5, 5.41) is 12.5. The molecule has 3 rings (SSSR count). The first-order valence-electron chi connectivity index (χ1n) is 8.74. The van der Waals surface area contributed by atoms with Crippen LogP contribution in [0.5, 0.6) is 11.5 Å². The lowest BCUT2D eigenvalue weighted by molar-refractivity contribution is 0.342. The van der Waals surface area contributed by atoms with Gasteiger partial charge in [-0.1, -0.05) is 49.1 Å². The maximum Gasteiger partial charge on any atom is 0.210 e. The first-order chi connectivity index (χ1) is 13.1. The highest BCUT2D eigenvalue weighted by Gasteiger charge is 2.06. The summed E-state index contributed by atoms with van der Waals surface area (Å²) in [5.74, 6) is 3.00. The van der Waals surface area contributed by atoms with Crippen LogP contribution < -0.4 is 14.8 Å². The Balaban J connectivity index is 1.43. The fourth-order valence-electron chi connectivity index (χ4n) is 2.35. The Kier molecular flexibility index (Phi) is 6.95. The van der Waals surface area contributed by atoms with E-state index in [1.54, 1.807) is 30.2 Å². The lowest BCUT2D eigenvalue weighted by Crippen LogP contribution is -1.99. The van der Waals surface area contributed by atoms with Gasteiger partial charge in [-0.15, -0.1) is 10.2 Å². The van der Waals surface area contributed by atoms with E-state index in [1.165, 1.54) is 5.56 Å². The Morgan fingerprint density at radius 2 is 1.70 bits per heavy atom. The predicted molar refractivity (Wildman–Crippen MR) is 113 cm³/mol. The van der Waals surface area contributed by atoms with Crippen molar-refractivity contribution in [2.75, 3.05) is 24.8 Å². The van der Waals surface area contributed by atoms with Gasteiger partial charge in [0.1, 0.15) is 11.5 Å². The summed E-state index contributed by atoms with van der Waals surface area (Å²) >= 11 is 3.19. The number of thioether (sulfide) groups is 1. The average molecular weight is 402 g/mol. The SMILES string of the molecule is COc1ccc(OCCSc2nnc(Nc3ccc(C(C)C)cc3)s2)cc1. The van der Waals surface area contributed by atoms with E-state index in [0.717, 1.165) is 32.4 Å². The molecule has 0 aliphatic heterocycles. The monoisotopic (exact) mass is 401 g/mol. The molecule has 0 radical (unpaired) electrons. The predicted octanol–water partition coefficient (Wildman–Crippen LogP) is 5.58. The Morgan fingerprint density at radius 1 is 1.00 bits per heavy atom. The van der Waals surface area contributed by atoms with Crippen molar-refractivity contribution in [3.63, 3.8) is 0 Å². The molecule has 5 nitrogen and oxygen atoms in total. The highest BCUT2D eigenvalue weighted by atomic mass is 32.2. The van der Waals surface area contributed by atoms with Gasteiger partial charge in [0.2, 0.25) is 5.13 Å². The van der Waals surface area contributed by atoms with Crippen LogP contribution in [0, 0.1) is 0 Å². The zero-order valence-electron chi connectivity index (χ0n) is 15.6. The van der Waals surface area contributed by atoms with E-state index in [9.17, 15) is 0 Å². The summed E-state index contributed by atoms with van der Waals surface area (Å²) < 4.78 is 11.8.